The first-order valence-corrected chi connectivity index (χ1v) is 4.46. The number of aliphatic imine (C=N–C) groups is 1. The highest BCUT2D eigenvalue weighted by Crippen LogP contribution is 2.06. The van der Waals surface area contributed by atoms with E-state index in [1.54, 1.807) is 0 Å². The fourth-order valence-corrected chi connectivity index (χ4v) is 1.27. The molecule has 1 aromatic heterocycles. The number of amides is 1. The number of rotatable bonds is 1. The fourth-order valence-electron chi connectivity index (χ4n) is 1.27. The van der Waals surface area contributed by atoms with Gasteiger partial charge in [0.25, 0.3) is 0 Å². The smallest absolute Gasteiger partial charge is 0.247 e. The number of nitrogens with one attached hydrogen (secondary N) is 1. The maximum Gasteiger partial charge on any atom is 0.247 e. The van der Waals surface area contributed by atoms with Gasteiger partial charge in [-0.25, -0.2) is 4.98 Å². The number of nitrogens with zero attached hydrogens (tertiary/aromatic N) is 2. The Morgan fingerprint density at radius 2 is 2.14 bits per heavy atom. The third-order valence-electron chi connectivity index (χ3n) is 2.23. The molecule has 0 spiro atoms. The van der Waals surface area contributed by atoms with Crippen molar-refractivity contribution in [3.05, 3.63) is 29.1 Å². The molecule has 1 amide bonds. The number of aryl methyl sites for hydroxylation is 2. The average molecular weight is 189 g/mol. The van der Waals surface area contributed by atoms with Gasteiger partial charge >= 0.3 is 0 Å². The standard InChI is InChI=1S/C10H11N3O/c1-6-3-4-8(12-7(6)2)10-11-5-9(14)13-10/h3-4H,5H2,1-2H3,(H,11,13,14). The maximum atomic E-state index is 10.9. The minimum Gasteiger partial charge on any atom is -0.308 e. The van der Waals surface area contributed by atoms with Crippen molar-refractivity contribution in [3.63, 3.8) is 0 Å². The van der Waals surface area contributed by atoms with E-state index >= 15 is 0 Å². The molecule has 1 aliphatic rings. The summed E-state index contributed by atoms with van der Waals surface area (Å²) < 4.78 is 0. The molecule has 0 saturated carbocycles. The average Bonchev–Trinajstić information content (AvgIpc) is 2.57. The van der Waals surface area contributed by atoms with Gasteiger partial charge in [-0.05, 0) is 25.5 Å². The Kier molecular flexibility index (Phi) is 2.04. The summed E-state index contributed by atoms with van der Waals surface area (Å²) in [5, 5.41) is 2.67. The van der Waals surface area contributed by atoms with Crippen LogP contribution in [0.1, 0.15) is 17.0 Å². The van der Waals surface area contributed by atoms with Crippen LogP contribution >= 0.6 is 0 Å². The Balaban J connectivity index is 2.34. The van der Waals surface area contributed by atoms with Crippen molar-refractivity contribution in [2.75, 3.05) is 6.54 Å². The zero-order chi connectivity index (χ0) is 10.1. The molecule has 0 fully saturated rings. The van der Waals surface area contributed by atoms with E-state index in [-0.39, 0.29) is 12.5 Å². The van der Waals surface area contributed by atoms with Gasteiger partial charge in [-0.15, -0.1) is 0 Å². The molecule has 0 aliphatic carbocycles. The topological polar surface area (TPSA) is 54.4 Å². The van der Waals surface area contributed by atoms with Crippen molar-refractivity contribution < 1.29 is 4.79 Å². The highest BCUT2D eigenvalue weighted by Gasteiger charge is 2.15. The molecule has 72 valence electrons. The van der Waals surface area contributed by atoms with Gasteiger partial charge in [0.1, 0.15) is 12.2 Å². The summed E-state index contributed by atoms with van der Waals surface area (Å²) in [4.78, 5) is 19.3. The molecule has 1 aromatic rings. The predicted molar refractivity (Wildman–Crippen MR) is 53.3 cm³/mol. The van der Waals surface area contributed by atoms with Crippen LogP contribution in [0.3, 0.4) is 0 Å². The molecule has 0 radical (unpaired) electrons. The van der Waals surface area contributed by atoms with Gasteiger partial charge < -0.3 is 5.32 Å². The molecule has 0 unspecified atom stereocenters. The lowest BCUT2D eigenvalue weighted by Gasteiger charge is -2.03. The maximum absolute atomic E-state index is 10.9. The zero-order valence-corrected chi connectivity index (χ0v) is 8.16. The lowest BCUT2D eigenvalue weighted by Crippen LogP contribution is -2.26. The van der Waals surface area contributed by atoms with Crippen LogP contribution in [0.15, 0.2) is 17.1 Å². The summed E-state index contributed by atoms with van der Waals surface area (Å²) >= 11 is 0. The minimum absolute atomic E-state index is 0.0694. The highest BCUT2D eigenvalue weighted by atomic mass is 16.2. The summed E-state index contributed by atoms with van der Waals surface area (Å²) in [6.07, 6.45) is 0. The van der Waals surface area contributed by atoms with E-state index in [4.69, 9.17) is 0 Å². The van der Waals surface area contributed by atoms with E-state index in [1.807, 2.05) is 26.0 Å². The summed E-state index contributed by atoms with van der Waals surface area (Å²) in [5.41, 5.74) is 2.84. The number of carbonyl (C=O) groups is 1. The Morgan fingerprint density at radius 1 is 1.36 bits per heavy atom. The van der Waals surface area contributed by atoms with E-state index in [9.17, 15) is 4.79 Å². The van der Waals surface area contributed by atoms with Crippen molar-refractivity contribution in [3.8, 4) is 0 Å². The first-order chi connectivity index (χ1) is 6.66. The summed E-state index contributed by atoms with van der Waals surface area (Å²) in [5.74, 6) is 0.512. The number of amidine groups is 1. The third kappa shape index (κ3) is 1.51. The molecular formula is C10H11N3O. The van der Waals surface area contributed by atoms with Gasteiger partial charge in [-0.3, -0.25) is 9.79 Å². The monoisotopic (exact) mass is 189 g/mol. The van der Waals surface area contributed by atoms with Gasteiger partial charge in [0.2, 0.25) is 5.91 Å². The molecule has 14 heavy (non-hydrogen) atoms. The van der Waals surface area contributed by atoms with Gasteiger partial charge in [-0.2, -0.15) is 0 Å². The zero-order valence-electron chi connectivity index (χ0n) is 8.16. The Bertz CT molecular complexity index is 423. The normalized spacial score (nSPS) is 15.3. The molecule has 1 aliphatic heterocycles. The van der Waals surface area contributed by atoms with Crippen molar-refractivity contribution in [2.24, 2.45) is 4.99 Å². The molecule has 0 atom stereocenters. The molecule has 1 N–H and O–H groups in total. The quantitative estimate of drug-likeness (QED) is 0.702. The van der Waals surface area contributed by atoms with Crippen molar-refractivity contribution in [1.82, 2.24) is 10.3 Å². The second kappa shape index (κ2) is 3.21. The van der Waals surface area contributed by atoms with Crippen molar-refractivity contribution in [1.29, 1.82) is 0 Å². The molecule has 0 saturated heterocycles. The van der Waals surface area contributed by atoms with E-state index in [1.165, 1.54) is 0 Å². The summed E-state index contributed by atoms with van der Waals surface area (Å²) in [6, 6.07) is 3.84. The Morgan fingerprint density at radius 3 is 2.71 bits per heavy atom. The van der Waals surface area contributed by atoms with Crippen molar-refractivity contribution >= 4 is 11.7 Å². The molecule has 0 bridgehead atoms. The van der Waals surface area contributed by atoms with Crippen LogP contribution in [0.2, 0.25) is 0 Å². The first kappa shape index (κ1) is 8.87. The van der Waals surface area contributed by atoms with Crippen LogP contribution in [0.5, 0.6) is 0 Å². The van der Waals surface area contributed by atoms with Crippen LogP contribution in [0, 0.1) is 13.8 Å². The SMILES string of the molecule is Cc1ccc(C2=NCC(=O)N2)nc1C. The number of carbonyl (C=O) groups excluding carboxylic acids is 1. The second-order valence-electron chi connectivity index (χ2n) is 3.31. The minimum atomic E-state index is -0.0694. The van der Waals surface area contributed by atoms with Crippen LogP contribution in [0.4, 0.5) is 0 Å². The van der Waals surface area contributed by atoms with Crippen LogP contribution in [-0.4, -0.2) is 23.3 Å². The van der Waals surface area contributed by atoms with Gasteiger partial charge in [0, 0.05) is 5.69 Å². The van der Waals surface area contributed by atoms with Crippen molar-refractivity contribution in [2.45, 2.75) is 13.8 Å². The number of pyridine rings is 1. The number of hydrogen-bond donors (Lipinski definition) is 1. The van der Waals surface area contributed by atoms with E-state index in [0.29, 0.717) is 5.84 Å². The van der Waals surface area contributed by atoms with Crippen LogP contribution in [0.25, 0.3) is 0 Å². The van der Waals surface area contributed by atoms with Crippen LogP contribution < -0.4 is 5.32 Å². The Labute approximate surface area is 82.1 Å². The van der Waals surface area contributed by atoms with Crippen LogP contribution in [-0.2, 0) is 4.79 Å². The molecule has 2 rings (SSSR count). The molecule has 4 heteroatoms. The molecular weight excluding hydrogens is 178 g/mol. The highest BCUT2D eigenvalue weighted by molar-refractivity contribution is 6.11. The molecule has 0 aromatic carbocycles. The van der Waals surface area contributed by atoms with Gasteiger partial charge in [0.05, 0.1) is 0 Å². The molecule has 2 heterocycles. The second-order valence-corrected chi connectivity index (χ2v) is 3.31. The number of aromatic nitrogens is 1. The predicted octanol–water partition coefficient (Wildman–Crippen LogP) is 0.575. The van der Waals surface area contributed by atoms with E-state index in [0.717, 1.165) is 17.0 Å². The van der Waals surface area contributed by atoms with Gasteiger partial charge in [-0.1, -0.05) is 6.07 Å². The lowest BCUT2D eigenvalue weighted by atomic mass is 10.2. The lowest BCUT2D eigenvalue weighted by molar-refractivity contribution is -0.117. The largest absolute Gasteiger partial charge is 0.308 e. The summed E-state index contributed by atoms with van der Waals surface area (Å²) in [6.45, 7) is 4.15. The first-order valence-electron chi connectivity index (χ1n) is 4.46. The third-order valence-corrected chi connectivity index (χ3v) is 2.23. The Hall–Kier alpha value is -1.71. The van der Waals surface area contributed by atoms with Gasteiger partial charge in [0.15, 0.2) is 5.84 Å². The number of hydrogen-bond acceptors (Lipinski definition) is 3. The summed E-state index contributed by atoms with van der Waals surface area (Å²) in [7, 11) is 0. The fraction of sp³-hybridized carbons (Fsp3) is 0.300. The van der Waals surface area contributed by atoms with E-state index < -0.39 is 0 Å². The van der Waals surface area contributed by atoms with E-state index in [2.05, 4.69) is 15.3 Å². The molecule has 4 nitrogen and oxygen atoms in total.